The van der Waals surface area contributed by atoms with Crippen molar-refractivity contribution in [2.24, 2.45) is 0 Å². The molecule has 0 amide bonds. The predicted octanol–water partition coefficient (Wildman–Crippen LogP) is 4.22. The Kier molecular flexibility index (Phi) is 4.25. The average Bonchev–Trinajstić information content (AvgIpc) is 2.77. The lowest BCUT2D eigenvalue weighted by atomic mass is 10.0. The molecule has 2 rings (SSSR count). The SMILES string of the molecule is CCc1ccc(C(NC)c2cc(C)cc(Br)c2)o1. The van der Waals surface area contributed by atoms with Crippen molar-refractivity contribution in [3.63, 3.8) is 0 Å². The summed E-state index contributed by atoms with van der Waals surface area (Å²) in [5.41, 5.74) is 2.45. The van der Waals surface area contributed by atoms with E-state index in [2.05, 4.69) is 59.4 Å². The van der Waals surface area contributed by atoms with Gasteiger partial charge in [-0.2, -0.15) is 0 Å². The molecule has 1 aromatic heterocycles. The summed E-state index contributed by atoms with van der Waals surface area (Å²) in [6.07, 6.45) is 0.925. The van der Waals surface area contributed by atoms with Crippen molar-refractivity contribution in [3.8, 4) is 0 Å². The Hall–Kier alpha value is -1.06. The van der Waals surface area contributed by atoms with E-state index >= 15 is 0 Å². The second-order valence-electron chi connectivity index (χ2n) is 4.44. The number of furan rings is 1. The molecule has 0 aliphatic heterocycles. The third-order valence-electron chi connectivity index (χ3n) is 3.00. The summed E-state index contributed by atoms with van der Waals surface area (Å²) < 4.78 is 6.94. The zero-order valence-electron chi connectivity index (χ0n) is 11.0. The molecule has 0 spiro atoms. The zero-order valence-corrected chi connectivity index (χ0v) is 12.5. The lowest BCUT2D eigenvalue weighted by Crippen LogP contribution is -2.17. The number of benzene rings is 1. The normalized spacial score (nSPS) is 12.7. The van der Waals surface area contributed by atoms with Gasteiger partial charge in [-0.3, -0.25) is 0 Å². The fourth-order valence-electron chi connectivity index (χ4n) is 2.14. The number of hydrogen-bond acceptors (Lipinski definition) is 2. The molecule has 0 fully saturated rings. The third-order valence-corrected chi connectivity index (χ3v) is 3.46. The maximum atomic E-state index is 5.84. The molecule has 96 valence electrons. The van der Waals surface area contributed by atoms with Gasteiger partial charge in [-0.05, 0) is 49.4 Å². The summed E-state index contributed by atoms with van der Waals surface area (Å²) in [6, 6.07) is 10.6. The molecule has 2 aromatic rings. The highest BCUT2D eigenvalue weighted by atomic mass is 79.9. The first kappa shape index (κ1) is 13.4. The number of aryl methyl sites for hydroxylation is 2. The van der Waals surface area contributed by atoms with Gasteiger partial charge in [0, 0.05) is 10.9 Å². The van der Waals surface area contributed by atoms with Crippen LogP contribution >= 0.6 is 15.9 Å². The molecule has 2 nitrogen and oxygen atoms in total. The smallest absolute Gasteiger partial charge is 0.125 e. The average molecular weight is 308 g/mol. The van der Waals surface area contributed by atoms with Crippen LogP contribution in [0.15, 0.2) is 39.2 Å². The summed E-state index contributed by atoms with van der Waals surface area (Å²) in [4.78, 5) is 0. The lowest BCUT2D eigenvalue weighted by molar-refractivity contribution is 0.434. The van der Waals surface area contributed by atoms with Crippen LogP contribution in [-0.2, 0) is 6.42 Å². The van der Waals surface area contributed by atoms with Gasteiger partial charge in [-0.25, -0.2) is 0 Å². The van der Waals surface area contributed by atoms with Crippen molar-refractivity contribution in [2.75, 3.05) is 7.05 Å². The van der Waals surface area contributed by atoms with Crippen LogP contribution in [0.2, 0.25) is 0 Å². The van der Waals surface area contributed by atoms with Crippen molar-refractivity contribution in [1.82, 2.24) is 5.32 Å². The quantitative estimate of drug-likeness (QED) is 0.915. The molecule has 0 bridgehead atoms. The fourth-order valence-corrected chi connectivity index (χ4v) is 2.77. The molecule has 1 aromatic carbocycles. The largest absolute Gasteiger partial charge is 0.464 e. The molecule has 0 saturated carbocycles. The van der Waals surface area contributed by atoms with Crippen molar-refractivity contribution in [1.29, 1.82) is 0 Å². The highest BCUT2D eigenvalue weighted by Crippen LogP contribution is 2.27. The molecule has 0 saturated heterocycles. The van der Waals surface area contributed by atoms with E-state index in [1.54, 1.807) is 0 Å². The van der Waals surface area contributed by atoms with E-state index in [0.717, 1.165) is 22.4 Å². The van der Waals surface area contributed by atoms with E-state index in [4.69, 9.17) is 4.42 Å². The molecule has 0 radical (unpaired) electrons. The number of hydrogen-bond donors (Lipinski definition) is 1. The Morgan fingerprint density at radius 2 is 2.06 bits per heavy atom. The number of nitrogens with one attached hydrogen (secondary N) is 1. The summed E-state index contributed by atoms with van der Waals surface area (Å²) in [6.45, 7) is 4.20. The summed E-state index contributed by atoms with van der Waals surface area (Å²) in [7, 11) is 1.95. The van der Waals surface area contributed by atoms with Gasteiger partial charge in [0.2, 0.25) is 0 Å². The van der Waals surface area contributed by atoms with Crippen LogP contribution in [0.4, 0.5) is 0 Å². The van der Waals surface area contributed by atoms with Gasteiger partial charge in [0.1, 0.15) is 11.5 Å². The Morgan fingerprint density at radius 3 is 2.61 bits per heavy atom. The maximum absolute atomic E-state index is 5.84. The minimum atomic E-state index is 0.0986. The van der Waals surface area contributed by atoms with Crippen molar-refractivity contribution >= 4 is 15.9 Å². The monoisotopic (exact) mass is 307 g/mol. The fraction of sp³-hybridized carbons (Fsp3) is 0.333. The van der Waals surface area contributed by atoms with Crippen LogP contribution in [0.5, 0.6) is 0 Å². The summed E-state index contributed by atoms with van der Waals surface area (Å²) >= 11 is 3.54. The van der Waals surface area contributed by atoms with Crippen LogP contribution < -0.4 is 5.32 Å². The third kappa shape index (κ3) is 2.85. The van der Waals surface area contributed by atoms with Gasteiger partial charge in [-0.1, -0.05) is 28.9 Å². The molecule has 0 aliphatic carbocycles. The van der Waals surface area contributed by atoms with Gasteiger partial charge in [0.25, 0.3) is 0 Å². The van der Waals surface area contributed by atoms with E-state index < -0.39 is 0 Å². The van der Waals surface area contributed by atoms with Gasteiger partial charge >= 0.3 is 0 Å². The Balaban J connectivity index is 2.38. The molecule has 3 heteroatoms. The topological polar surface area (TPSA) is 25.2 Å². The molecule has 1 unspecified atom stereocenters. The first-order chi connectivity index (χ1) is 8.63. The number of rotatable bonds is 4. The second-order valence-corrected chi connectivity index (χ2v) is 5.36. The lowest BCUT2D eigenvalue weighted by Gasteiger charge is -2.15. The Bertz CT molecular complexity index is 513. The minimum absolute atomic E-state index is 0.0986. The van der Waals surface area contributed by atoms with E-state index in [1.807, 2.05) is 13.1 Å². The van der Waals surface area contributed by atoms with E-state index in [1.165, 1.54) is 11.1 Å². The summed E-state index contributed by atoms with van der Waals surface area (Å²) in [5, 5.41) is 3.31. The molecule has 1 atom stereocenters. The maximum Gasteiger partial charge on any atom is 0.125 e. The second kappa shape index (κ2) is 5.72. The Morgan fingerprint density at radius 1 is 1.28 bits per heavy atom. The van der Waals surface area contributed by atoms with E-state index in [0.29, 0.717) is 0 Å². The van der Waals surface area contributed by atoms with E-state index in [9.17, 15) is 0 Å². The van der Waals surface area contributed by atoms with Gasteiger partial charge in [0.15, 0.2) is 0 Å². The minimum Gasteiger partial charge on any atom is -0.464 e. The first-order valence-electron chi connectivity index (χ1n) is 6.17. The van der Waals surface area contributed by atoms with Gasteiger partial charge in [0.05, 0.1) is 6.04 Å². The highest BCUT2D eigenvalue weighted by molar-refractivity contribution is 9.10. The molecule has 18 heavy (non-hydrogen) atoms. The molecular weight excluding hydrogens is 290 g/mol. The molecular formula is C15H18BrNO. The molecule has 1 heterocycles. The van der Waals surface area contributed by atoms with E-state index in [-0.39, 0.29) is 6.04 Å². The first-order valence-corrected chi connectivity index (χ1v) is 6.96. The van der Waals surface area contributed by atoms with Crippen molar-refractivity contribution < 1.29 is 4.42 Å². The van der Waals surface area contributed by atoms with Crippen LogP contribution in [0.1, 0.15) is 35.6 Å². The van der Waals surface area contributed by atoms with Crippen molar-refractivity contribution in [2.45, 2.75) is 26.3 Å². The van der Waals surface area contributed by atoms with Crippen LogP contribution in [0, 0.1) is 6.92 Å². The van der Waals surface area contributed by atoms with Gasteiger partial charge in [-0.15, -0.1) is 0 Å². The molecule has 1 N–H and O–H groups in total. The number of halogens is 1. The van der Waals surface area contributed by atoms with Crippen LogP contribution in [0.25, 0.3) is 0 Å². The van der Waals surface area contributed by atoms with Gasteiger partial charge < -0.3 is 9.73 Å². The molecule has 0 aliphatic rings. The zero-order chi connectivity index (χ0) is 13.1. The standard InChI is InChI=1S/C15H18BrNO/c1-4-13-5-6-14(18-13)15(17-3)11-7-10(2)8-12(16)9-11/h5-9,15,17H,4H2,1-3H3. The summed E-state index contributed by atoms with van der Waals surface area (Å²) in [5.74, 6) is 1.99. The van der Waals surface area contributed by atoms with Crippen LogP contribution in [-0.4, -0.2) is 7.05 Å². The van der Waals surface area contributed by atoms with Crippen molar-refractivity contribution in [3.05, 3.63) is 57.5 Å². The predicted molar refractivity (Wildman–Crippen MR) is 77.9 cm³/mol. The Labute approximate surface area is 117 Å². The highest BCUT2D eigenvalue weighted by Gasteiger charge is 2.16. The van der Waals surface area contributed by atoms with Crippen LogP contribution in [0.3, 0.4) is 0 Å².